The average Bonchev–Trinajstić information content (AvgIpc) is 2.53. The summed E-state index contributed by atoms with van der Waals surface area (Å²) in [5, 5.41) is 0. The fourth-order valence-electron chi connectivity index (χ4n) is 1.54. The molecule has 4 heteroatoms. The Morgan fingerprint density at radius 1 is 1.29 bits per heavy atom. The standard InChI is InChI=1S/C10H13NO3/c12-8-9-2-3-10(14-9)11-4-1-6-13-7-5-11/h2-3,8H,1,4-7H2. The van der Waals surface area contributed by atoms with Crippen molar-refractivity contribution in [2.45, 2.75) is 6.42 Å². The van der Waals surface area contributed by atoms with E-state index in [4.69, 9.17) is 9.15 Å². The predicted octanol–water partition coefficient (Wildman–Crippen LogP) is 1.32. The van der Waals surface area contributed by atoms with Crippen molar-refractivity contribution in [2.75, 3.05) is 31.2 Å². The van der Waals surface area contributed by atoms with Gasteiger partial charge < -0.3 is 14.1 Å². The molecule has 0 atom stereocenters. The van der Waals surface area contributed by atoms with Crippen LogP contribution in [0.15, 0.2) is 16.5 Å². The lowest BCUT2D eigenvalue weighted by Crippen LogP contribution is -2.25. The van der Waals surface area contributed by atoms with Crippen LogP contribution in [0.1, 0.15) is 17.0 Å². The van der Waals surface area contributed by atoms with Gasteiger partial charge in [0.15, 0.2) is 17.9 Å². The van der Waals surface area contributed by atoms with Crippen LogP contribution in [-0.2, 0) is 4.74 Å². The van der Waals surface area contributed by atoms with E-state index in [-0.39, 0.29) is 0 Å². The highest BCUT2D eigenvalue weighted by atomic mass is 16.5. The number of hydrogen-bond donors (Lipinski definition) is 0. The van der Waals surface area contributed by atoms with Crippen molar-refractivity contribution in [1.29, 1.82) is 0 Å². The fourth-order valence-corrected chi connectivity index (χ4v) is 1.54. The Morgan fingerprint density at radius 3 is 3.00 bits per heavy atom. The van der Waals surface area contributed by atoms with E-state index in [0.717, 1.165) is 44.9 Å². The lowest BCUT2D eigenvalue weighted by Gasteiger charge is -2.17. The van der Waals surface area contributed by atoms with Crippen LogP contribution >= 0.6 is 0 Å². The third kappa shape index (κ3) is 1.96. The molecule has 0 amide bonds. The summed E-state index contributed by atoms with van der Waals surface area (Å²) < 4.78 is 10.7. The van der Waals surface area contributed by atoms with Crippen molar-refractivity contribution in [2.24, 2.45) is 0 Å². The van der Waals surface area contributed by atoms with E-state index in [0.29, 0.717) is 5.76 Å². The van der Waals surface area contributed by atoms with E-state index in [1.165, 1.54) is 0 Å². The molecule has 0 saturated carbocycles. The number of aldehydes is 1. The van der Waals surface area contributed by atoms with E-state index in [1.807, 2.05) is 6.07 Å². The van der Waals surface area contributed by atoms with Crippen LogP contribution in [0.2, 0.25) is 0 Å². The van der Waals surface area contributed by atoms with Gasteiger partial charge in [-0.15, -0.1) is 0 Å². The van der Waals surface area contributed by atoms with Gasteiger partial charge in [-0.25, -0.2) is 0 Å². The van der Waals surface area contributed by atoms with Crippen LogP contribution in [0, 0.1) is 0 Å². The Kier molecular flexibility index (Phi) is 2.84. The minimum Gasteiger partial charge on any atom is -0.438 e. The molecule has 1 saturated heterocycles. The molecule has 2 rings (SSSR count). The van der Waals surface area contributed by atoms with Crippen LogP contribution in [0.3, 0.4) is 0 Å². The number of anilines is 1. The molecule has 0 aromatic carbocycles. The van der Waals surface area contributed by atoms with Crippen LogP contribution in [0.4, 0.5) is 5.88 Å². The first kappa shape index (κ1) is 9.27. The number of hydrogen-bond acceptors (Lipinski definition) is 4. The lowest BCUT2D eigenvalue weighted by atomic mass is 10.4. The van der Waals surface area contributed by atoms with Crippen LogP contribution < -0.4 is 4.90 Å². The molecule has 76 valence electrons. The van der Waals surface area contributed by atoms with Gasteiger partial charge in [-0.2, -0.15) is 0 Å². The Balaban J connectivity index is 2.08. The molecule has 1 aromatic heterocycles. The third-order valence-electron chi connectivity index (χ3n) is 2.26. The minimum atomic E-state index is 0.380. The average molecular weight is 195 g/mol. The summed E-state index contributed by atoms with van der Waals surface area (Å²) in [4.78, 5) is 12.5. The van der Waals surface area contributed by atoms with Crippen LogP contribution in [0.5, 0.6) is 0 Å². The monoisotopic (exact) mass is 195 g/mol. The topological polar surface area (TPSA) is 42.7 Å². The van der Waals surface area contributed by atoms with E-state index in [9.17, 15) is 4.79 Å². The molecule has 2 heterocycles. The molecule has 1 aliphatic heterocycles. The maximum atomic E-state index is 10.4. The first-order chi connectivity index (χ1) is 6.90. The van der Waals surface area contributed by atoms with Crippen molar-refractivity contribution < 1.29 is 13.9 Å². The van der Waals surface area contributed by atoms with Crippen molar-refractivity contribution in [3.8, 4) is 0 Å². The van der Waals surface area contributed by atoms with Gasteiger partial charge in [0.2, 0.25) is 0 Å². The van der Waals surface area contributed by atoms with Gasteiger partial charge >= 0.3 is 0 Å². The number of carbonyl (C=O) groups excluding carboxylic acids is 1. The Labute approximate surface area is 82.4 Å². The molecule has 1 aromatic rings. The zero-order valence-corrected chi connectivity index (χ0v) is 7.94. The second-order valence-corrected chi connectivity index (χ2v) is 3.25. The number of furan rings is 1. The Bertz CT molecular complexity index is 300. The number of nitrogens with zero attached hydrogens (tertiary/aromatic N) is 1. The molecule has 0 bridgehead atoms. The summed E-state index contributed by atoms with van der Waals surface area (Å²) in [7, 11) is 0. The van der Waals surface area contributed by atoms with Gasteiger partial charge in [0.25, 0.3) is 0 Å². The fraction of sp³-hybridized carbons (Fsp3) is 0.500. The van der Waals surface area contributed by atoms with Gasteiger partial charge in [0.1, 0.15) is 0 Å². The smallest absolute Gasteiger partial charge is 0.196 e. The summed E-state index contributed by atoms with van der Waals surface area (Å²) in [6.45, 7) is 3.27. The maximum absolute atomic E-state index is 10.4. The van der Waals surface area contributed by atoms with Crippen LogP contribution in [-0.4, -0.2) is 32.6 Å². The second kappa shape index (κ2) is 4.28. The molecule has 0 radical (unpaired) electrons. The molecule has 4 nitrogen and oxygen atoms in total. The van der Waals surface area contributed by atoms with Gasteiger partial charge in [0.05, 0.1) is 6.61 Å². The number of carbonyl (C=O) groups is 1. The molecular formula is C10H13NO3. The molecular weight excluding hydrogens is 182 g/mol. The third-order valence-corrected chi connectivity index (χ3v) is 2.26. The normalized spacial score (nSPS) is 17.9. The van der Waals surface area contributed by atoms with E-state index >= 15 is 0 Å². The van der Waals surface area contributed by atoms with Crippen molar-refractivity contribution in [3.63, 3.8) is 0 Å². The van der Waals surface area contributed by atoms with Crippen molar-refractivity contribution in [3.05, 3.63) is 17.9 Å². The minimum absolute atomic E-state index is 0.380. The summed E-state index contributed by atoms with van der Waals surface area (Å²) in [5.41, 5.74) is 0. The summed E-state index contributed by atoms with van der Waals surface area (Å²) in [5.74, 6) is 1.14. The molecule has 0 spiro atoms. The molecule has 0 aliphatic carbocycles. The van der Waals surface area contributed by atoms with Crippen molar-refractivity contribution in [1.82, 2.24) is 0 Å². The lowest BCUT2D eigenvalue weighted by molar-refractivity contribution is 0.110. The van der Waals surface area contributed by atoms with Gasteiger partial charge in [-0.05, 0) is 12.5 Å². The Hall–Kier alpha value is -1.29. The maximum Gasteiger partial charge on any atom is 0.196 e. The van der Waals surface area contributed by atoms with E-state index in [1.54, 1.807) is 6.07 Å². The highest BCUT2D eigenvalue weighted by molar-refractivity contribution is 5.71. The first-order valence-electron chi connectivity index (χ1n) is 4.78. The summed E-state index contributed by atoms with van der Waals surface area (Å²) in [6.07, 6.45) is 1.72. The highest BCUT2D eigenvalue weighted by Gasteiger charge is 2.13. The number of rotatable bonds is 2. The highest BCUT2D eigenvalue weighted by Crippen LogP contribution is 2.18. The zero-order valence-electron chi connectivity index (χ0n) is 7.94. The quantitative estimate of drug-likeness (QED) is 0.667. The molecule has 0 N–H and O–H groups in total. The van der Waals surface area contributed by atoms with Gasteiger partial charge in [0, 0.05) is 25.8 Å². The summed E-state index contributed by atoms with van der Waals surface area (Å²) >= 11 is 0. The molecule has 0 unspecified atom stereocenters. The van der Waals surface area contributed by atoms with Crippen molar-refractivity contribution >= 4 is 12.2 Å². The second-order valence-electron chi connectivity index (χ2n) is 3.25. The predicted molar refractivity (Wildman–Crippen MR) is 51.7 cm³/mol. The molecule has 14 heavy (non-hydrogen) atoms. The first-order valence-corrected chi connectivity index (χ1v) is 4.78. The van der Waals surface area contributed by atoms with E-state index in [2.05, 4.69) is 4.90 Å². The largest absolute Gasteiger partial charge is 0.438 e. The summed E-state index contributed by atoms with van der Waals surface area (Å²) in [6, 6.07) is 3.52. The van der Waals surface area contributed by atoms with Gasteiger partial charge in [-0.3, -0.25) is 4.79 Å². The molecule has 1 fully saturated rings. The van der Waals surface area contributed by atoms with E-state index < -0.39 is 0 Å². The van der Waals surface area contributed by atoms with Crippen LogP contribution in [0.25, 0.3) is 0 Å². The molecule has 1 aliphatic rings. The van der Waals surface area contributed by atoms with Gasteiger partial charge in [-0.1, -0.05) is 0 Å². The zero-order chi connectivity index (χ0) is 9.80. The SMILES string of the molecule is O=Cc1ccc(N2CCCOCC2)o1. The Morgan fingerprint density at radius 2 is 2.21 bits per heavy atom. The number of ether oxygens (including phenoxy) is 1.